The van der Waals surface area contributed by atoms with Gasteiger partial charge in [-0.1, -0.05) is 152 Å². The van der Waals surface area contributed by atoms with Crippen LogP contribution in [0.2, 0.25) is 0 Å². The van der Waals surface area contributed by atoms with Gasteiger partial charge in [0.15, 0.2) is 0 Å². The minimum absolute atomic E-state index is 0.894. The Balaban J connectivity index is 0.986. The van der Waals surface area contributed by atoms with E-state index in [4.69, 9.17) is 4.42 Å². The fraction of sp³-hybridized carbons (Fsp3) is 0.0159. The van der Waals surface area contributed by atoms with Crippen molar-refractivity contribution in [1.29, 1.82) is 0 Å². The third kappa shape index (κ3) is 5.93. The van der Waals surface area contributed by atoms with Gasteiger partial charge < -0.3 is 19.1 Å². The number of furan rings is 1. The lowest BCUT2D eigenvalue weighted by molar-refractivity contribution is 0.670. The number of hydrogen-bond donors (Lipinski definition) is 0. The van der Waals surface area contributed by atoms with E-state index in [-0.39, 0.29) is 0 Å². The number of rotatable bonds is 6. The van der Waals surface area contributed by atoms with E-state index in [1.807, 2.05) is 17.4 Å². The van der Waals surface area contributed by atoms with Crippen LogP contribution in [0.4, 0.5) is 45.5 Å². The lowest BCUT2D eigenvalue weighted by Crippen LogP contribution is -2.25. The van der Waals surface area contributed by atoms with Crippen LogP contribution in [-0.4, -0.2) is 7.05 Å². The lowest BCUT2D eigenvalue weighted by atomic mass is 9.94. The van der Waals surface area contributed by atoms with Gasteiger partial charge in [-0.15, -0.1) is 11.3 Å². The molecule has 0 unspecified atom stereocenters. The summed E-state index contributed by atoms with van der Waals surface area (Å²) in [5.41, 5.74) is 15.2. The topological polar surface area (TPSA) is 22.9 Å². The Morgan fingerprint density at radius 2 is 1.01 bits per heavy atom. The highest BCUT2D eigenvalue weighted by Crippen LogP contribution is 2.55. The van der Waals surface area contributed by atoms with E-state index in [0.29, 0.717) is 0 Å². The number of hydrogen-bond acceptors (Lipinski definition) is 5. The van der Waals surface area contributed by atoms with Gasteiger partial charge >= 0.3 is 0 Å². The molecular weight excluding hydrogens is 847 g/mol. The first-order chi connectivity index (χ1) is 33.6. The molecule has 2 aromatic heterocycles. The Morgan fingerprint density at radius 1 is 0.382 bits per heavy atom. The fourth-order valence-electron chi connectivity index (χ4n) is 10.8. The summed E-state index contributed by atoms with van der Waals surface area (Å²) in [6.07, 6.45) is 0. The molecule has 14 rings (SSSR count). The highest BCUT2D eigenvalue weighted by atomic mass is 32.1. The number of fused-ring (bicyclic) bond motifs is 10. The number of anilines is 8. The van der Waals surface area contributed by atoms with Crippen LogP contribution in [0.5, 0.6) is 0 Å². The molecule has 1 aliphatic heterocycles. The Hall–Kier alpha value is -8.64. The molecule has 0 saturated carbocycles. The molecule has 3 heterocycles. The monoisotopic (exact) mass is 887 g/mol. The molecule has 0 radical (unpaired) electrons. The maximum absolute atomic E-state index is 6.62. The Labute approximate surface area is 397 Å². The summed E-state index contributed by atoms with van der Waals surface area (Å²) in [6, 6.07) is 83.9. The van der Waals surface area contributed by atoms with Crippen molar-refractivity contribution in [2.45, 2.75) is 0 Å². The van der Waals surface area contributed by atoms with Crippen LogP contribution in [0.1, 0.15) is 0 Å². The number of para-hydroxylation sites is 3. The fourth-order valence-corrected chi connectivity index (χ4v) is 11.9. The van der Waals surface area contributed by atoms with E-state index in [1.54, 1.807) is 0 Å². The molecule has 68 heavy (non-hydrogen) atoms. The van der Waals surface area contributed by atoms with Crippen LogP contribution in [0, 0.1) is 0 Å². The maximum atomic E-state index is 6.62. The van der Waals surface area contributed by atoms with E-state index < -0.39 is 0 Å². The molecular formula is C63H41N3OS. The number of nitrogens with zero attached hydrogens (tertiary/aromatic N) is 3. The predicted octanol–water partition coefficient (Wildman–Crippen LogP) is 18.6. The van der Waals surface area contributed by atoms with Crippen LogP contribution in [-0.2, 0) is 0 Å². The third-order valence-electron chi connectivity index (χ3n) is 14.0. The molecule has 13 aromatic rings. The highest BCUT2D eigenvalue weighted by Gasteiger charge is 2.31. The number of thiophene rings is 1. The van der Waals surface area contributed by atoms with Crippen molar-refractivity contribution in [3.8, 4) is 22.3 Å². The zero-order valence-electron chi connectivity index (χ0n) is 37.1. The van der Waals surface area contributed by atoms with Crippen molar-refractivity contribution < 1.29 is 4.42 Å². The van der Waals surface area contributed by atoms with Crippen molar-refractivity contribution in [3.63, 3.8) is 0 Å². The molecule has 0 fully saturated rings. The smallest absolute Gasteiger partial charge is 0.143 e. The standard InChI is InChI=1S/C63H41N3OS/c1-64-58-38-42(47-24-14-25-52-50-22-9-11-27-60(50)67-63(47)52)29-33-56(58)66(55-35-32-45(48-20-7-8-21-49(48)55)41-30-36-62-53(37-41)51-23-10-12-28-61(51)68-62)57-34-31-44(39-59(57)64)65(43-17-3-2-4-18-43)54-26-13-16-40-15-5-6-19-46(40)54/h2-39H,1H3. The van der Waals surface area contributed by atoms with Gasteiger partial charge in [0.05, 0.1) is 34.1 Å². The molecule has 5 heteroatoms. The van der Waals surface area contributed by atoms with E-state index in [2.05, 4.69) is 246 Å². The summed E-state index contributed by atoms with van der Waals surface area (Å²) in [5.74, 6) is 0. The zero-order chi connectivity index (χ0) is 44.9. The molecule has 0 aliphatic carbocycles. The van der Waals surface area contributed by atoms with Crippen molar-refractivity contribution in [2.75, 3.05) is 21.7 Å². The van der Waals surface area contributed by atoms with Gasteiger partial charge in [-0.3, -0.25) is 0 Å². The van der Waals surface area contributed by atoms with Crippen LogP contribution >= 0.6 is 11.3 Å². The first kappa shape index (κ1) is 38.6. The van der Waals surface area contributed by atoms with Crippen LogP contribution in [0.25, 0.3) is 85.9 Å². The molecule has 320 valence electrons. The van der Waals surface area contributed by atoms with E-state index in [1.165, 1.54) is 52.8 Å². The third-order valence-corrected chi connectivity index (χ3v) is 15.1. The molecule has 11 aromatic carbocycles. The van der Waals surface area contributed by atoms with Crippen LogP contribution < -0.4 is 14.7 Å². The van der Waals surface area contributed by atoms with Crippen molar-refractivity contribution in [3.05, 3.63) is 231 Å². The summed E-state index contributed by atoms with van der Waals surface area (Å²) in [4.78, 5) is 7.25. The molecule has 0 saturated heterocycles. The zero-order valence-corrected chi connectivity index (χ0v) is 37.9. The van der Waals surface area contributed by atoms with E-state index >= 15 is 0 Å². The van der Waals surface area contributed by atoms with Crippen molar-refractivity contribution >= 4 is 120 Å². The summed E-state index contributed by atoms with van der Waals surface area (Å²) < 4.78 is 9.24. The predicted molar refractivity (Wildman–Crippen MR) is 290 cm³/mol. The first-order valence-corrected chi connectivity index (χ1v) is 24.0. The molecule has 0 spiro atoms. The maximum Gasteiger partial charge on any atom is 0.143 e. The Bertz CT molecular complexity index is 4140. The second-order valence-electron chi connectivity index (χ2n) is 17.7. The molecule has 0 atom stereocenters. The second kappa shape index (κ2) is 15.2. The average Bonchev–Trinajstić information content (AvgIpc) is 3.98. The van der Waals surface area contributed by atoms with Gasteiger partial charge in [-0.25, -0.2) is 0 Å². The highest BCUT2D eigenvalue weighted by molar-refractivity contribution is 7.25. The van der Waals surface area contributed by atoms with Gasteiger partial charge in [-0.2, -0.15) is 0 Å². The van der Waals surface area contributed by atoms with Gasteiger partial charge in [-0.05, 0) is 106 Å². The summed E-state index contributed by atoms with van der Waals surface area (Å²) in [7, 11) is 2.21. The molecule has 1 aliphatic rings. The van der Waals surface area contributed by atoms with E-state index in [9.17, 15) is 0 Å². The van der Waals surface area contributed by atoms with Crippen LogP contribution in [0.15, 0.2) is 235 Å². The Morgan fingerprint density at radius 3 is 1.90 bits per heavy atom. The van der Waals surface area contributed by atoms with Crippen molar-refractivity contribution in [1.82, 2.24) is 0 Å². The number of benzene rings is 11. The normalized spacial score (nSPS) is 12.4. The van der Waals surface area contributed by atoms with Gasteiger partial charge in [0.25, 0.3) is 0 Å². The molecule has 0 amide bonds. The van der Waals surface area contributed by atoms with Gasteiger partial charge in [0.2, 0.25) is 0 Å². The minimum Gasteiger partial charge on any atom is -0.455 e. The minimum atomic E-state index is 0.894. The van der Waals surface area contributed by atoms with Gasteiger partial charge in [0, 0.05) is 65.7 Å². The largest absolute Gasteiger partial charge is 0.455 e. The summed E-state index contributed by atoms with van der Waals surface area (Å²) in [5, 5.41) is 9.64. The van der Waals surface area contributed by atoms with Crippen molar-refractivity contribution in [2.24, 2.45) is 0 Å². The van der Waals surface area contributed by atoms with Crippen LogP contribution in [0.3, 0.4) is 0 Å². The quantitative estimate of drug-likeness (QED) is 0.166. The Kier molecular flexibility index (Phi) is 8.64. The molecule has 0 bridgehead atoms. The average molecular weight is 888 g/mol. The summed E-state index contributed by atoms with van der Waals surface area (Å²) >= 11 is 1.86. The first-order valence-electron chi connectivity index (χ1n) is 23.1. The van der Waals surface area contributed by atoms with E-state index in [0.717, 1.165) is 78.6 Å². The SMILES string of the molecule is CN1c2cc(-c3cccc4c3oc3ccccc34)ccc2N(c2ccc(-c3ccc4sc5ccccc5c4c3)c3ccccc23)c2ccc(N(c3ccccc3)c3cccc4ccccc34)cc21. The second-order valence-corrected chi connectivity index (χ2v) is 18.8. The lowest BCUT2D eigenvalue weighted by Gasteiger charge is -2.40. The molecule has 4 nitrogen and oxygen atoms in total. The molecule has 0 N–H and O–H groups in total. The summed E-state index contributed by atoms with van der Waals surface area (Å²) in [6.45, 7) is 0. The van der Waals surface area contributed by atoms with Gasteiger partial charge in [0.1, 0.15) is 11.2 Å².